The molecule has 1 atom stereocenters. The van der Waals surface area contributed by atoms with E-state index in [9.17, 15) is 8.78 Å². The molecule has 0 spiro atoms. The standard InChI is InChI=1S/C14H9Br2ClF2/c1-7-5-9(10(17)6-12(7)19)13(15)8-3-2-4-11(18)14(8)16/h2-6,13H,1H3. The predicted molar refractivity (Wildman–Crippen MR) is 81.0 cm³/mol. The Morgan fingerprint density at radius 3 is 2.47 bits per heavy atom. The molecule has 100 valence electrons. The van der Waals surface area contributed by atoms with Crippen molar-refractivity contribution in [1.82, 2.24) is 0 Å². The van der Waals surface area contributed by atoms with Crippen LogP contribution in [0, 0.1) is 18.6 Å². The van der Waals surface area contributed by atoms with E-state index < -0.39 is 0 Å². The summed E-state index contributed by atoms with van der Waals surface area (Å²) >= 11 is 12.8. The minimum absolute atomic E-state index is 0.307. The maximum Gasteiger partial charge on any atom is 0.137 e. The van der Waals surface area contributed by atoms with Crippen LogP contribution in [-0.4, -0.2) is 0 Å². The second kappa shape index (κ2) is 5.90. The average molecular weight is 410 g/mol. The van der Waals surface area contributed by atoms with Crippen LogP contribution in [0.2, 0.25) is 5.02 Å². The second-order valence-corrected chi connectivity index (χ2v) is 6.24. The van der Waals surface area contributed by atoms with E-state index in [1.165, 1.54) is 12.1 Å². The highest BCUT2D eigenvalue weighted by molar-refractivity contribution is 9.11. The number of alkyl halides is 1. The number of hydrogen-bond donors (Lipinski definition) is 0. The number of aryl methyl sites for hydroxylation is 1. The maximum absolute atomic E-state index is 13.5. The quantitative estimate of drug-likeness (QED) is 0.519. The zero-order chi connectivity index (χ0) is 14.2. The summed E-state index contributed by atoms with van der Waals surface area (Å²) in [7, 11) is 0. The fourth-order valence-corrected chi connectivity index (χ4v) is 3.71. The van der Waals surface area contributed by atoms with E-state index in [1.807, 2.05) is 0 Å². The SMILES string of the molecule is Cc1cc(C(Br)c2cccc(F)c2Br)c(Cl)cc1F. The summed E-state index contributed by atoms with van der Waals surface area (Å²) in [4.78, 5) is -0.315. The molecule has 0 radical (unpaired) electrons. The molecule has 2 rings (SSSR count). The van der Waals surface area contributed by atoms with Crippen LogP contribution < -0.4 is 0 Å². The number of benzene rings is 2. The summed E-state index contributed by atoms with van der Waals surface area (Å²) in [6.07, 6.45) is 0. The first-order valence-corrected chi connectivity index (χ1v) is 7.54. The Morgan fingerprint density at radius 2 is 1.79 bits per heavy atom. The van der Waals surface area contributed by atoms with E-state index in [-0.39, 0.29) is 16.5 Å². The minimum atomic E-state index is -0.355. The van der Waals surface area contributed by atoms with Crippen LogP contribution >= 0.6 is 43.5 Å². The Balaban J connectivity index is 2.53. The van der Waals surface area contributed by atoms with Crippen molar-refractivity contribution in [2.75, 3.05) is 0 Å². The first kappa shape index (κ1) is 14.9. The first-order chi connectivity index (χ1) is 8.91. The summed E-state index contributed by atoms with van der Waals surface area (Å²) in [5.41, 5.74) is 1.90. The third-order valence-corrected chi connectivity index (χ3v) is 4.96. The van der Waals surface area contributed by atoms with Crippen molar-refractivity contribution in [1.29, 1.82) is 0 Å². The third kappa shape index (κ3) is 3.01. The smallest absolute Gasteiger partial charge is 0.137 e. The van der Waals surface area contributed by atoms with Gasteiger partial charge in [0.25, 0.3) is 0 Å². The van der Waals surface area contributed by atoms with Crippen molar-refractivity contribution < 1.29 is 8.78 Å². The summed E-state index contributed by atoms with van der Waals surface area (Å²) in [6, 6.07) is 7.70. The van der Waals surface area contributed by atoms with Gasteiger partial charge in [-0.15, -0.1) is 0 Å². The molecule has 0 saturated heterocycles. The van der Waals surface area contributed by atoms with Gasteiger partial charge in [-0.05, 0) is 51.7 Å². The van der Waals surface area contributed by atoms with Crippen molar-refractivity contribution in [3.8, 4) is 0 Å². The molecule has 2 aromatic carbocycles. The summed E-state index contributed by atoms with van der Waals surface area (Å²) < 4.78 is 27.3. The Kier molecular flexibility index (Phi) is 4.64. The molecule has 0 aliphatic carbocycles. The summed E-state index contributed by atoms with van der Waals surface area (Å²) in [5, 5.41) is 0.307. The number of halogens is 5. The van der Waals surface area contributed by atoms with Gasteiger partial charge in [0.05, 0.1) is 9.30 Å². The zero-order valence-corrected chi connectivity index (χ0v) is 13.8. The molecule has 0 nitrogen and oxygen atoms in total. The average Bonchev–Trinajstić information content (AvgIpc) is 2.36. The molecule has 19 heavy (non-hydrogen) atoms. The van der Waals surface area contributed by atoms with Crippen LogP contribution in [0.15, 0.2) is 34.8 Å². The molecule has 2 aromatic rings. The Hall–Kier alpha value is -0.450. The van der Waals surface area contributed by atoms with E-state index in [1.54, 1.807) is 25.1 Å². The molecule has 1 unspecified atom stereocenters. The van der Waals surface area contributed by atoms with Gasteiger partial charge in [0, 0.05) is 5.02 Å². The van der Waals surface area contributed by atoms with E-state index in [2.05, 4.69) is 31.9 Å². The van der Waals surface area contributed by atoms with Crippen LogP contribution in [0.1, 0.15) is 21.5 Å². The second-order valence-electron chi connectivity index (χ2n) is 4.13. The largest absolute Gasteiger partial charge is 0.207 e. The van der Waals surface area contributed by atoms with Crippen LogP contribution in [0.4, 0.5) is 8.78 Å². The Morgan fingerprint density at radius 1 is 1.11 bits per heavy atom. The molecule has 0 aliphatic heterocycles. The zero-order valence-electron chi connectivity index (χ0n) is 9.85. The lowest BCUT2D eigenvalue weighted by Crippen LogP contribution is -1.98. The van der Waals surface area contributed by atoms with Gasteiger partial charge in [0.1, 0.15) is 11.6 Å². The molecule has 0 bridgehead atoms. The van der Waals surface area contributed by atoms with E-state index in [4.69, 9.17) is 11.6 Å². The third-order valence-electron chi connectivity index (χ3n) is 2.81. The normalized spacial score (nSPS) is 12.5. The van der Waals surface area contributed by atoms with E-state index in [0.29, 0.717) is 26.2 Å². The number of hydrogen-bond acceptors (Lipinski definition) is 0. The highest BCUT2D eigenvalue weighted by Gasteiger charge is 2.19. The number of rotatable bonds is 2. The van der Waals surface area contributed by atoms with Gasteiger partial charge in [-0.2, -0.15) is 0 Å². The molecular formula is C14H9Br2ClF2. The van der Waals surface area contributed by atoms with Gasteiger partial charge < -0.3 is 0 Å². The fourth-order valence-electron chi connectivity index (χ4n) is 1.76. The maximum atomic E-state index is 13.5. The minimum Gasteiger partial charge on any atom is -0.207 e. The molecule has 0 heterocycles. The van der Waals surface area contributed by atoms with Gasteiger partial charge in [0.15, 0.2) is 0 Å². The summed E-state index contributed by atoms with van der Waals surface area (Å²) in [6.45, 7) is 1.66. The lowest BCUT2D eigenvalue weighted by molar-refractivity contribution is 0.616. The molecule has 0 aromatic heterocycles. The molecule has 0 fully saturated rings. The molecule has 5 heteroatoms. The topological polar surface area (TPSA) is 0 Å². The molecule has 0 N–H and O–H groups in total. The fraction of sp³-hybridized carbons (Fsp3) is 0.143. The van der Waals surface area contributed by atoms with Crippen molar-refractivity contribution in [2.45, 2.75) is 11.8 Å². The highest BCUT2D eigenvalue weighted by Crippen LogP contribution is 2.40. The Labute approximate surface area is 132 Å². The van der Waals surface area contributed by atoms with Crippen molar-refractivity contribution in [2.24, 2.45) is 0 Å². The van der Waals surface area contributed by atoms with Crippen molar-refractivity contribution in [3.05, 3.63) is 68.2 Å². The lowest BCUT2D eigenvalue weighted by Gasteiger charge is -2.15. The Bertz CT molecular complexity index is 629. The van der Waals surface area contributed by atoms with Crippen molar-refractivity contribution >= 4 is 43.5 Å². The predicted octanol–water partition coefficient (Wildman–Crippen LogP) is 6.17. The van der Waals surface area contributed by atoms with Gasteiger partial charge in [-0.1, -0.05) is 45.7 Å². The van der Waals surface area contributed by atoms with E-state index >= 15 is 0 Å². The molecule has 0 amide bonds. The molecule has 0 aliphatic rings. The van der Waals surface area contributed by atoms with E-state index in [0.717, 1.165) is 0 Å². The van der Waals surface area contributed by atoms with Gasteiger partial charge in [-0.25, -0.2) is 8.78 Å². The van der Waals surface area contributed by atoms with Gasteiger partial charge in [0.2, 0.25) is 0 Å². The van der Waals surface area contributed by atoms with Gasteiger partial charge >= 0.3 is 0 Å². The lowest BCUT2D eigenvalue weighted by atomic mass is 10.0. The summed E-state index contributed by atoms with van der Waals surface area (Å²) in [5.74, 6) is -0.705. The van der Waals surface area contributed by atoms with Crippen LogP contribution in [0.3, 0.4) is 0 Å². The first-order valence-electron chi connectivity index (χ1n) is 5.45. The van der Waals surface area contributed by atoms with Crippen molar-refractivity contribution in [3.63, 3.8) is 0 Å². The van der Waals surface area contributed by atoms with Gasteiger partial charge in [-0.3, -0.25) is 0 Å². The van der Waals surface area contributed by atoms with Crippen LogP contribution in [0.5, 0.6) is 0 Å². The highest BCUT2D eigenvalue weighted by atomic mass is 79.9. The monoisotopic (exact) mass is 408 g/mol. The molecular weight excluding hydrogens is 401 g/mol. The van der Waals surface area contributed by atoms with Crippen LogP contribution in [-0.2, 0) is 0 Å². The molecule has 0 saturated carbocycles. The van der Waals surface area contributed by atoms with Crippen LogP contribution in [0.25, 0.3) is 0 Å².